The average molecular weight is 633 g/mol. The van der Waals surface area contributed by atoms with Gasteiger partial charge in [0.15, 0.2) is 0 Å². The van der Waals surface area contributed by atoms with Gasteiger partial charge in [0.05, 0.1) is 7.11 Å². The maximum Gasteiger partial charge on any atom is 0.408 e. The largest absolute Gasteiger partial charge is 0.508 e. The zero-order chi connectivity index (χ0) is 33.6. The first-order valence-electron chi connectivity index (χ1n) is 15.3. The van der Waals surface area contributed by atoms with Gasteiger partial charge in [0, 0.05) is 12.1 Å². The standard InChI is InChI=1S/C35H44N4O7/c1-6-23(4)31(36-26-14-18-28(45-5)19-15-26)34(43)39-32(41)29(20-24-12-16-27(40)17-13-24)37-33(42)30(22(2)3)38-35(44)46-21-25-10-8-7-9-11-25/h7-19,22-23,29-31,36,40H,6,20-21H2,1-5H3,(H,37,42)(H,38,44)(H,39,41,43)/t23-,29-,30-,31-/m0/s1. The Morgan fingerprint density at radius 2 is 1.41 bits per heavy atom. The van der Waals surface area contributed by atoms with Crippen molar-refractivity contribution in [1.82, 2.24) is 16.0 Å². The summed E-state index contributed by atoms with van der Waals surface area (Å²) < 4.78 is 10.5. The number of rotatable bonds is 15. The lowest BCUT2D eigenvalue weighted by Gasteiger charge is -2.27. The van der Waals surface area contributed by atoms with Gasteiger partial charge in [-0.15, -0.1) is 0 Å². The van der Waals surface area contributed by atoms with Crippen LogP contribution in [0.5, 0.6) is 11.5 Å². The topological polar surface area (TPSA) is 155 Å². The number of carbonyl (C=O) groups excluding carboxylic acids is 4. The van der Waals surface area contributed by atoms with E-state index in [1.165, 1.54) is 12.1 Å². The van der Waals surface area contributed by atoms with Gasteiger partial charge < -0.3 is 30.5 Å². The number of alkyl carbamates (subject to hydrolysis) is 1. The highest BCUT2D eigenvalue weighted by atomic mass is 16.5. The summed E-state index contributed by atoms with van der Waals surface area (Å²) in [6.45, 7) is 7.37. The summed E-state index contributed by atoms with van der Waals surface area (Å²) in [5.41, 5.74) is 2.10. The van der Waals surface area contributed by atoms with Crippen LogP contribution < -0.4 is 26.0 Å². The number of aromatic hydroxyl groups is 1. The molecular formula is C35H44N4O7. The van der Waals surface area contributed by atoms with Gasteiger partial charge in [-0.05, 0) is 59.4 Å². The smallest absolute Gasteiger partial charge is 0.408 e. The normalized spacial score (nSPS) is 13.4. The molecule has 3 aromatic carbocycles. The monoisotopic (exact) mass is 632 g/mol. The summed E-state index contributed by atoms with van der Waals surface area (Å²) in [5.74, 6) is -1.68. The zero-order valence-electron chi connectivity index (χ0n) is 26.9. The van der Waals surface area contributed by atoms with Crippen molar-refractivity contribution in [3.8, 4) is 11.5 Å². The van der Waals surface area contributed by atoms with Gasteiger partial charge in [0.2, 0.25) is 17.7 Å². The van der Waals surface area contributed by atoms with Crippen molar-refractivity contribution in [2.75, 3.05) is 12.4 Å². The summed E-state index contributed by atoms with van der Waals surface area (Å²) in [6, 6.07) is 19.4. The van der Waals surface area contributed by atoms with Crippen molar-refractivity contribution < 1.29 is 33.8 Å². The van der Waals surface area contributed by atoms with Crippen LogP contribution >= 0.6 is 0 Å². The van der Waals surface area contributed by atoms with Gasteiger partial charge in [-0.1, -0.05) is 76.6 Å². The molecule has 0 aromatic heterocycles. The van der Waals surface area contributed by atoms with E-state index in [0.29, 0.717) is 23.4 Å². The Balaban J connectivity index is 1.76. The molecule has 5 N–H and O–H groups in total. The number of methoxy groups -OCH3 is 1. The number of benzene rings is 3. The molecule has 0 unspecified atom stereocenters. The lowest BCUT2D eigenvalue weighted by atomic mass is 9.97. The minimum absolute atomic E-state index is 0.0221. The molecule has 11 heteroatoms. The van der Waals surface area contributed by atoms with Crippen molar-refractivity contribution in [3.63, 3.8) is 0 Å². The second-order valence-corrected chi connectivity index (χ2v) is 11.4. The average Bonchev–Trinajstić information content (AvgIpc) is 3.05. The third kappa shape index (κ3) is 10.8. The second kappa shape index (κ2) is 17.4. The predicted molar refractivity (Wildman–Crippen MR) is 175 cm³/mol. The second-order valence-electron chi connectivity index (χ2n) is 11.4. The van der Waals surface area contributed by atoms with Crippen LogP contribution in [-0.2, 0) is 32.1 Å². The molecular weight excluding hydrogens is 588 g/mol. The van der Waals surface area contributed by atoms with Crippen LogP contribution in [-0.4, -0.2) is 54.2 Å². The van der Waals surface area contributed by atoms with Crippen LogP contribution in [0.25, 0.3) is 0 Å². The molecule has 0 spiro atoms. The van der Waals surface area contributed by atoms with Gasteiger partial charge in [-0.2, -0.15) is 0 Å². The SMILES string of the molecule is CC[C@H](C)[C@H](Nc1ccc(OC)cc1)C(=O)NC(=O)[C@H](Cc1ccc(O)cc1)NC(=O)[C@@H](NC(=O)OCc1ccccc1)C(C)C. The quantitative estimate of drug-likeness (QED) is 0.164. The molecule has 46 heavy (non-hydrogen) atoms. The number of phenols is 1. The van der Waals surface area contributed by atoms with Crippen LogP contribution in [0.15, 0.2) is 78.9 Å². The number of hydrogen-bond acceptors (Lipinski definition) is 8. The maximum absolute atomic E-state index is 13.6. The van der Waals surface area contributed by atoms with Crippen molar-refractivity contribution in [2.24, 2.45) is 11.8 Å². The van der Waals surface area contributed by atoms with Crippen LogP contribution in [0.3, 0.4) is 0 Å². The fraction of sp³-hybridized carbons (Fsp3) is 0.371. The van der Waals surface area contributed by atoms with Crippen molar-refractivity contribution >= 4 is 29.5 Å². The zero-order valence-corrected chi connectivity index (χ0v) is 26.9. The lowest BCUT2D eigenvalue weighted by Crippen LogP contribution is -2.57. The number of ether oxygens (including phenoxy) is 2. The number of anilines is 1. The van der Waals surface area contributed by atoms with E-state index in [-0.39, 0.29) is 30.6 Å². The number of carbonyl (C=O) groups is 4. The molecule has 0 aliphatic heterocycles. The summed E-state index contributed by atoms with van der Waals surface area (Å²) in [7, 11) is 1.56. The first-order valence-corrected chi connectivity index (χ1v) is 15.3. The molecule has 11 nitrogen and oxygen atoms in total. The number of phenolic OH excluding ortho intramolecular Hbond substituents is 1. The Morgan fingerprint density at radius 3 is 2.00 bits per heavy atom. The third-order valence-corrected chi connectivity index (χ3v) is 7.60. The molecule has 0 aliphatic carbocycles. The Hall–Kier alpha value is -5.06. The molecule has 4 amide bonds. The first-order chi connectivity index (χ1) is 22.0. The fourth-order valence-corrected chi connectivity index (χ4v) is 4.62. The van der Waals surface area contributed by atoms with Crippen LogP contribution in [0.1, 0.15) is 45.2 Å². The van der Waals surface area contributed by atoms with E-state index < -0.39 is 41.9 Å². The summed E-state index contributed by atoms with van der Waals surface area (Å²) in [4.78, 5) is 53.3. The Bertz CT molecular complexity index is 1430. The van der Waals surface area contributed by atoms with Crippen molar-refractivity contribution in [1.29, 1.82) is 0 Å². The van der Waals surface area contributed by atoms with E-state index in [1.54, 1.807) is 57.4 Å². The third-order valence-electron chi connectivity index (χ3n) is 7.60. The van der Waals surface area contributed by atoms with Crippen LogP contribution in [0.2, 0.25) is 0 Å². The number of amides is 4. The van der Waals surface area contributed by atoms with Crippen molar-refractivity contribution in [2.45, 2.75) is 65.3 Å². The Kier molecular flexibility index (Phi) is 13.4. The van der Waals surface area contributed by atoms with Gasteiger partial charge in [-0.3, -0.25) is 19.7 Å². The number of nitrogens with one attached hydrogen (secondary N) is 4. The van der Waals surface area contributed by atoms with Crippen LogP contribution in [0, 0.1) is 11.8 Å². The summed E-state index contributed by atoms with van der Waals surface area (Å²) in [5, 5.41) is 20.7. The van der Waals surface area contributed by atoms with Gasteiger partial charge in [0.1, 0.15) is 36.2 Å². The molecule has 0 saturated carbocycles. The highest BCUT2D eigenvalue weighted by Gasteiger charge is 2.32. The molecule has 0 fully saturated rings. The van der Waals surface area contributed by atoms with Gasteiger partial charge in [0.25, 0.3) is 0 Å². The highest BCUT2D eigenvalue weighted by molar-refractivity contribution is 6.02. The number of hydrogen-bond donors (Lipinski definition) is 5. The number of imide groups is 1. The Morgan fingerprint density at radius 1 is 0.761 bits per heavy atom. The van der Waals surface area contributed by atoms with E-state index in [4.69, 9.17) is 9.47 Å². The molecule has 0 saturated heterocycles. The fourth-order valence-electron chi connectivity index (χ4n) is 4.62. The molecule has 0 radical (unpaired) electrons. The molecule has 0 aliphatic rings. The maximum atomic E-state index is 13.6. The molecule has 4 atom stereocenters. The molecule has 246 valence electrons. The minimum Gasteiger partial charge on any atom is -0.508 e. The molecule has 3 aromatic rings. The van der Waals surface area contributed by atoms with Gasteiger partial charge >= 0.3 is 6.09 Å². The van der Waals surface area contributed by atoms with E-state index in [0.717, 1.165) is 5.56 Å². The summed E-state index contributed by atoms with van der Waals surface area (Å²) >= 11 is 0. The lowest BCUT2D eigenvalue weighted by molar-refractivity contribution is -0.135. The van der Waals surface area contributed by atoms with E-state index >= 15 is 0 Å². The molecule has 0 heterocycles. The van der Waals surface area contributed by atoms with E-state index in [9.17, 15) is 24.3 Å². The molecule has 0 bridgehead atoms. The van der Waals surface area contributed by atoms with Gasteiger partial charge in [-0.25, -0.2) is 4.79 Å². The van der Waals surface area contributed by atoms with Crippen molar-refractivity contribution in [3.05, 3.63) is 90.0 Å². The van der Waals surface area contributed by atoms with E-state index in [2.05, 4.69) is 21.3 Å². The molecule has 3 rings (SSSR count). The predicted octanol–water partition coefficient (Wildman–Crippen LogP) is 4.55. The van der Waals surface area contributed by atoms with E-state index in [1.807, 2.05) is 44.2 Å². The minimum atomic E-state index is -1.18. The summed E-state index contributed by atoms with van der Waals surface area (Å²) in [6.07, 6.45) is -0.104. The Labute approximate surface area is 270 Å². The van der Waals surface area contributed by atoms with Crippen LogP contribution in [0.4, 0.5) is 10.5 Å². The highest BCUT2D eigenvalue weighted by Crippen LogP contribution is 2.20. The first kappa shape index (κ1) is 35.4.